The van der Waals surface area contributed by atoms with E-state index in [1.165, 1.54) is 5.56 Å². The number of rotatable bonds is 8. The monoisotopic (exact) mass is 372 g/mol. The highest BCUT2D eigenvalue weighted by Gasteiger charge is 2.39. The maximum absolute atomic E-state index is 12.7. The SMILES string of the molecule is CC(C)Cc1ccc(C2(C)NC(=O)N(CCCC(=O)O)C=C2C(C)C)cc1. The van der Waals surface area contributed by atoms with Crippen molar-refractivity contribution in [1.82, 2.24) is 10.2 Å². The van der Waals surface area contributed by atoms with Crippen LogP contribution in [0.2, 0.25) is 0 Å². The Labute approximate surface area is 162 Å². The van der Waals surface area contributed by atoms with Crippen LogP contribution in [0.25, 0.3) is 0 Å². The number of hydrogen-bond acceptors (Lipinski definition) is 2. The second-order valence-electron chi connectivity index (χ2n) is 8.28. The first-order chi connectivity index (χ1) is 12.6. The molecule has 2 rings (SSSR count). The summed E-state index contributed by atoms with van der Waals surface area (Å²) >= 11 is 0. The summed E-state index contributed by atoms with van der Waals surface area (Å²) in [5.74, 6) is 0.00558. The average molecular weight is 373 g/mol. The van der Waals surface area contributed by atoms with Crippen molar-refractivity contribution < 1.29 is 14.7 Å². The molecule has 1 aliphatic rings. The van der Waals surface area contributed by atoms with Crippen molar-refractivity contribution >= 4 is 12.0 Å². The lowest BCUT2D eigenvalue weighted by Gasteiger charge is -2.42. The van der Waals surface area contributed by atoms with Gasteiger partial charge in [0.25, 0.3) is 0 Å². The number of benzene rings is 1. The van der Waals surface area contributed by atoms with Gasteiger partial charge in [-0.05, 0) is 48.3 Å². The molecule has 148 valence electrons. The van der Waals surface area contributed by atoms with Gasteiger partial charge in [0, 0.05) is 19.2 Å². The molecule has 1 aromatic rings. The molecule has 1 aromatic carbocycles. The Hall–Kier alpha value is -2.30. The van der Waals surface area contributed by atoms with E-state index in [1.54, 1.807) is 4.90 Å². The van der Waals surface area contributed by atoms with Crippen LogP contribution in [-0.4, -0.2) is 28.6 Å². The zero-order valence-electron chi connectivity index (χ0n) is 17.1. The molecular weight excluding hydrogens is 340 g/mol. The van der Waals surface area contributed by atoms with Gasteiger partial charge in [-0.2, -0.15) is 0 Å². The van der Waals surface area contributed by atoms with E-state index >= 15 is 0 Å². The van der Waals surface area contributed by atoms with Gasteiger partial charge in [-0.1, -0.05) is 52.0 Å². The molecule has 1 aliphatic heterocycles. The number of carbonyl (C=O) groups is 2. The summed E-state index contributed by atoms with van der Waals surface area (Å²) in [5, 5.41) is 12.0. The van der Waals surface area contributed by atoms with Crippen molar-refractivity contribution in [3.8, 4) is 0 Å². The molecule has 1 unspecified atom stereocenters. The van der Waals surface area contributed by atoms with Gasteiger partial charge >= 0.3 is 12.0 Å². The van der Waals surface area contributed by atoms with Gasteiger partial charge in [-0.3, -0.25) is 4.79 Å². The maximum Gasteiger partial charge on any atom is 0.322 e. The lowest BCUT2D eigenvalue weighted by Crippen LogP contribution is -2.54. The van der Waals surface area contributed by atoms with Gasteiger partial charge in [0.2, 0.25) is 0 Å². The topological polar surface area (TPSA) is 69.6 Å². The highest BCUT2D eigenvalue weighted by atomic mass is 16.4. The summed E-state index contributed by atoms with van der Waals surface area (Å²) in [7, 11) is 0. The van der Waals surface area contributed by atoms with Crippen LogP contribution in [0.5, 0.6) is 0 Å². The Morgan fingerprint density at radius 3 is 2.33 bits per heavy atom. The van der Waals surface area contributed by atoms with Crippen LogP contribution in [0.3, 0.4) is 0 Å². The third-order valence-electron chi connectivity index (χ3n) is 5.08. The predicted octanol–water partition coefficient (Wildman–Crippen LogP) is 4.53. The van der Waals surface area contributed by atoms with Crippen LogP contribution in [0.1, 0.15) is 58.6 Å². The number of carbonyl (C=O) groups excluding carboxylic acids is 1. The van der Waals surface area contributed by atoms with Crippen LogP contribution in [0.15, 0.2) is 36.0 Å². The largest absolute Gasteiger partial charge is 0.481 e. The molecule has 0 aromatic heterocycles. The molecule has 0 radical (unpaired) electrons. The Bertz CT molecular complexity index is 707. The van der Waals surface area contributed by atoms with Gasteiger partial charge in [0.1, 0.15) is 0 Å². The van der Waals surface area contributed by atoms with Crippen molar-refractivity contribution in [1.29, 1.82) is 0 Å². The molecule has 0 saturated carbocycles. The molecule has 2 N–H and O–H groups in total. The van der Waals surface area contributed by atoms with E-state index in [-0.39, 0.29) is 18.4 Å². The van der Waals surface area contributed by atoms with Crippen molar-refractivity contribution in [3.63, 3.8) is 0 Å². The van der Waals surface area contributed by atoms with Gasteiger partial charge < -0.3 is 15.3 Å². The standard InChI is InChI=1S/C22H32N2O3/c1-15(2)13-17-8-10-18(11-9-17)22(5)19(16(3)4)14-24(21(27)23-22)12-6-7-20(25)26/h8-11,14-16H,6-7,12-13H2,1-5H3,(H,23,27)(H,25,26). The molecule has 27 heavy (non-hydrogen) atoms. The smallest absolute Gasteiger partial charge is 0.322 e. The molecule has 1 heterocycles. The third-order valence-corrected chi connectivity index (χ3v) is 5.08. The van der Waals surface area contributed by atoms with E-state index in [1.807, 2.05) is 13.1 Å². The van der Waals surface area contributed by atoms with Crippen LogP contribution in [0, 0.1) is 11.8 Å². The molecule has 5 nitrogen and oxygen atoms in total. The summed E-state index contributed by atoms with van der Waals surface area (Å²) in [6, 6.07) is 8.31. The number of carboxylic acids is 1. The van der Waals surface area contributed by atoms with Crippen molar-refractivity contribution in [2.45, 2.75) is 59.4 Å². The van der Waals surface area contributed by atoms with E-state index in [0.29, 0.717) is 18.9 Å². The van der Waals surface area contributed by atoms with Gasteiger partial charge in [-0.15, -0.1) is 0 Å². The van der Waals surface area contributed by atoms with Crippen molar-refractivity contribution in [2.24, 2.45) is 11.8 Å². The fraction of sp³-hybridized carbons (Fsp3) is 0.545. The van der Waals surface area contributed by atoms with Gasteiger partial charge in [0.15, 0.2) is 0 Å². The minimum Gasteiger partial charge on any atom is -0.481 e. The number of nitrogens with one attached hydrogen (secondary N) is 1. The maximum atomic E-state index is 12.7. The minimum atomic E-state index is -0.841. The van der Waals surface area contributed by atoms with Gasteiger partial charge in [-0.25, -0.2) is 4.79 Å². The third kappa shape index (κ3) is 5.12. The number of hydrogen-bond donors (Lipinski definition) is 2. The molecule has 0 saturated heterocycles. The number of amides is 2. The Morgan fingerprint density at radius 1 is 1.19 bits per heavy atom. The molecule has 1 atom stereocenters. The summed E-state index contributed by atoms with van der Waals surface area (Å²) in [6.07, 6.45) is 3.44. The molecule has 0 bridgehead atoms. The Morgan fingerprint density at radius 2 is 1.81 bits per heavy atom. The highest BCUT2D eigenvalue weighted by molar-refractivity contribution is 5.79. The summed E-state index contributed by atoms with van der Waals surface area (Å²) in [5.41, 5.74) is 2.91. The first-order valence-corrected chi connectivity index (χ1v) is 9.75. The van der Waals surface area contributed by atoms with Crippen molar-refractivity contribution in [2.75, 3.05) is 6.54 Å². The minimum absolute atomic E-state index is 0.0587. The van der Waals surface area contributed by atoms with E-state index in [2.05, 4.69) is 57.3 Å². The van der Waals surface area contributed by atoms with Crippen LogP contribution in [0.4, 0.5) is 4.79 Å². The zero-order chi connectivity index (χ0) is 20.2. The Kier molecular flexibility index (Phi) is 6.68. The number of nitrogens with zero attached hydrogens (tertiary/aromatic N) is 1. The van der Waals surface area contributed by atoms with Crippen LogP contribution in [-0.2, 0) is 16.8 Å². The first kappa shape index (κ1) is 21.0. The number of aliphatic carboxylic acids is 1. The Balaban J connectivity index is 2.28. The number of urea groups is 1. The average Bonchev–Trinajstić information content (AvgIpc) is 2.56. The lowest BCUT2D eigenvalue weighted by molar-refractivity contribution is -0.137. The summed E-state index contributed by atoms with van der Waals surface area (Å²) in [4.78, 5) is 25.0. The fourth-order valence-electron chi connectivity index (χ4n) is 3.69. The quantitative estimate of drug-likeness (QED) is 0.704. The molecular formula is C22H32N2O3. The van der Waals surface area contributed by atoms with E-state index in [9.17, 15) is 9.59 Å². The van der Waals surface area contributed by atoms with E-state index < -0.39 is 11.5 Å². The predicted molar refractivity (Wildman–Crippen MR) is 107 cm³/mol. The fourth-order valence-corrected chi connectivity index (χ4v) is 3.69. The second-order valence-corrected chi connectivity index (χ2v) is 8.28. The van der Waals surface area contributed by atoms with E-state index in [4.69, 9.17) is 5.11 Å². The van der Waals surface area contributed by atoms with E-state index in [0.717, 1.165) is 17.6 Å². The molecule has 0 fully saturated rings. The lowest BCUT2D eigenvalue weighted by atomic mass is 9.78. The molecule has 0 aliphatic carbocycles. The zero-order valence-corrected chi connectivity index (χ0v) is 17.1. The van der Waals surface area contributed by atoms with Crippen LogP contribution >= 0.6 is 0 Å². The molecule has 2 amide bonds. The number of carboxylic acid groups (broad SMARTS) is 1. The summed E-state index contributed by atoms with van der Waals surface area (Å²) in [6.45, 7) is 11.1. The second kappa shape index (κ2) is 8.59. The highest BCUT2D eigenvalue weighted by Crippen LogP contribution is 2.37. The summed E-state index contributed by atoms with van der Waals surface area (Å²) < 4.78 is 0. The molecule has 0 spiro atoms. The van der Waals surface area contributed by atoms with Crippen LogP contribution < -0.4 is 5.32 Å². The normalized spacial score (nSPS) is 20.0. The van der Waals surface area contributed by atoms with Gasteiger partial charge in [0.05, 0.1) is 5.54 Å². The van der Waals surface area contributed by atoms with Crippen molar-refractivity contribution in [3.05, 3.63) is 47.2 Å². The molecule has 5 heteroatoms. The first-order valence-electron chi connectivity index (χ1n) is 9.75.